The van der Waals surface area contributed by atoms with E-state index in [4.69, 9.17) is 16.1 Å². The Kier molecular flexibility index (Phi) is 3.56. The molecule has 1 heterocycles. The Labute approximate surface area is 128 Å². The van der Waals surface area contributed by atoms with E-state index in [1.54, 1.807) is 6.07 Å². The molecule has 22 heavy (non-hydrogen) atoms. The quantitative estimate of drug-likeness (QED) is 0.536. The fourth-order valence-corrected chi connectivity index (χ4v) is 2.06. The molecule has 110 valence electrons. The number of hydrogen-bond donors (Lipinski definition) is 0. The number of hydrogen-bond acceptors (Lipinski definition) is 5. The van der Waals surface area contributed by atoms with Crippen molar-refractivity contribution in [2.45, 2.75) is 0 Å². The van der Waals surface area contributed by atoms with Crippen LogP contribution in [0.1, 0.15) is 0 Å². The summed E-state index contributed by atoms with van der Waals surface area (Å²) in [5, 5.41) is 14.6. The Hall–Kier alpha value is -2.80. The van der Waals surface area contributed by atoms with Gasteiger partial charge in [0.25, 0.3) is 11.6 Å². The fraction of sp³-hybridized carbons (Fsp3) is 0. The van der Waals surface area contributed by atoms with Crippen LogP contribution in [0.2, 0.25) is 5.02 Å². The third-order valence-electron chi connectivity index (χ3n) is 2.90. The van der Waals surface area contributed by atoms with Gasteiger partial charge in [0.1, 0.15) is 10.8 Å². The summed E-state index contributed by atoms with van der Waals surface area (Å²) in [4.78, 5) is 14.4. The molecule has 3 aromatic rings. The van der Waals surface area contributed by atoms with Crippen molar-refractivity contribution >= 4 is 17.3 Å². The van der Waals surface area contributed by atoms with E-state index >= 15 is 0 Å². The van der Waals surface area contributed by atoms with Crippen LogP contribution in [-0.2, 0) is 0 Å². The number of benzene rings is 2. The van der Waals surface area contributed by atoms with Gasteiger partial charge in [0.15, 0.2) is 0 Å². The van der Waals surface area contributed by atoms with Crippen LogP contribution in [-0.4, -0.2) is 15.1 Å². The first-order valence-electron chi connectivity index (χ1n) is 6.08. The molecule has 0 saturated heterocycles. The van der Waals surface area contributed by atoms with Gasteiger partial charge in [0, 0.05) is 17.2 Å². The molecule has 0 aliphatic heterocycles. The van der Waals surface area contributed by atoms with Gasteiger partial charge in [0.2, 0.25) is 5.82 Å². The van der Waals surface area contributed by atoms with Gasteiger partial charge in [-0.3, -0.25) is 10.1 Å². The number of rotatable bonds is 3. The molecular formula is C14H7ClFN3O3. The maximum atomic E-state index is 13.2. The van der Waals surface area contributed by atoms with Crippen LogP contribution in [0.4, 0.5) is 10.1 Å². The number of nitro benzene ring substituents is 1. The Balaban J connectivity index is 2.01. The number of halogens is 2. The fourth-order valence-electron chi connectivity index (χ4n) is 1.87. The summed E-state index contributed by atoms with van der Waals surface area (Å²) < 4.78 is 18.3. The van der Waals surface area contributed by atoms with E-state index in [-0.39, 0.29) is 22.4 Å². The lowest BCUT2D eigenvalue weighted by atomic mass is 10.2. The number of aromatic nitrogens is 2. The minimum absolute atomic E-state index is 0.0126. The van der Waals surface area contributed by atoms with Gasteiger partial charge in [0.05, 0.1) is 4.92 Å². The highest BCUT2D eigenvalue weighted by molar-refractivity contribution is 6.32. The molecule has 0 bridgehead atoms. The second-order valence-electron chi connectivity index (χ2n) is 4.36. The number of nitrogens with zero attached hydrogens (tertiary/aromatic N) is 3. The summed E-state index contributed by atoms with van der Waals surface area (Å²) in [5.74, 6) is -0.155. The molecule has 1 aromatic heterocycles. The predicted octanol–water partition coefficient (Wildman–Crippen LogP) is 4.10. The normalized spacial score (nSPS) is 10.6. The molecule has 0 unspecified atom stereocenters. The lowest BCUT2D eigenvalue weighted by molar-refractivity contribution is -0.384. The maximum absolute atomic E-state index is 13.2. The van der Waals surface area contributed by atoms with Gasteiger partial charge in [-0.25, -0.2) is 4.39 Å². The second kappa shape index (κ2) is 5.53. The van der Waals surface area contributed by atoms with Crippen molar-refractivity contribution < 1.29 is 13.8 Å². The maximum Gasteiger partial charge on any atom is 0.288 e. The van der Waals surface area contributed by atoms with Crippen molar-refractivity contribution in [2.24, 2.45) is 0 Å². The predicted molar refractivity (Wildman–Crippen MR) is 76.8 cm³/mol. The van der Waals surface area contributed by atoms with Crippen LogP contribution < -0.4 is 0 Å². The van der Waals surface area contributed by atoms with Gasteiger partial charge in [-0.05, 0) is 24.3 Å². The standard InChI is InChI=1S/C14H7ClFN3O3/c15-11-5-4-9(7-12(11)19(20)21)14-17-13(18-22-14)8-2-1-3-10(16)6-8/h1-7H. The highest BCUT2D eigenvalue weighted by atomic mass is 35.5. The summed E-state index contributed by atoms with van der Waals surface area (Å²) in [6, 6.07) is 9.85. The molecular weight excluding hydrogens is 313 g/mol. The van der Waals surface area contributed by atoms with Crippen molar-refractivity contribution in [3.05, 3.63) is 63.4 Å². The van der Waals surface area contributed by atoms with E-state index in [9.17, 15) is 14.5 Å². The highest BCUT2D eigenvalue weighted by Crippen LogP contribution is 2.30. The average Bonchev–Trinajstić information content (AvgIpc) is 2.97. The van der Waals surface area contributed by atoms with Crippen LogP contribution in [0.5, 0.6) is 0 Å². The third-order valence-corrected chi connectivity index (χ3v) is 3.22. The van der Waals surface area contributed by atoms with Crippen molar-refractivity contribution in [1.29, 1.82) is 0 Å². The topological polar surface area (TPSA) is 82.1 Å². The van der Waals surface area contributed by atoms with Crippen LogP contribution in [0.25, 0.3) is 22.8 Å². The Morgan fingerprint density at radius 1 is 1.18 bits per heavy atom. The number of nitro groups is 1. The first-order chi connectivity index (χ1) is 10.5. The van der Waals surface area contributed by atoms with E-state index < -0.39 is 10.7 Å². The molecule has 0 saturated carbocycles. The molecule has 0 atom stereocenters. The zero-order valence-corrected chi connectivity index (χ0v) is 11.6. The molecule has 0 radical (unpaired) electrons. The zero-order valence-electron chi connectivity index (χ0n) is 10.9. The molecule has 3 rings (SSSR count). The SMILES string of the molecule is O=[N+]([O-])c1cc(-c2nc(-c3cccc(F)c3)no2)ccc1Cl. The monoisotopic (exact) mass is 319 g/mol. The van der Waals surface area contributed by atoms with Gasteiger partial charge in [-0.15, -0.1) is 0 Å². The molecule has 0 aliphatic rings. The second-order valence-corrected chi connectivity index (χ2v) is 4.76. The van der Waals surface area contributed by atoms with Crippen molar-refractivity contribution in [3.63, 3.8) is 0 Å². The molecule has 6 nitrogen and oxygen atoms in total. The molecule has 0 N–H and O–H groups in total. The van der Waals surface area contributed by atoms with E-state index in [1.165, 1.54) is 36.4 Å². The summed E-state index contributed by atoms with van der Waals surface area (Å²) in [6.45, 7) is 0. The van der Waals surface area contributed by atoms with E-state index in [1.807, 2.05) is 0 Å². The molecule has 8 heteroatoms. The van der Waals surface area contributed by atoms with Gasteiger partial charge in [-0.2, -0.15) is 4.98 Å². The summed E-state index contributed by atoms with van der Waals surface area (Å²) in [5.41, 5.74) is 0.536. The van der Waals surface area contributed by atoms with E-state index in [2.05, 4.69) is 10.1 Å². The summed E-state index contributed by atoms with van der Waals surface area (Å²) in [7, 11) is 0. The molecule has 0 aliphatic carbocycles. The minimum Gasteiger partial charge on any atom is -0.334 e. The van der Waals surface area contributed by atoms with Crippen LogP contribution in [0.3, 0.4) is 0 Å². The first-order valence-corrected chi connectivity index (χ1v) is 6.46. The van der Waals surface area contributed by atoms with Crippen molar-refractivity contribution in [1.82, 2.24) is 10.1 Å². The zero-order chi connectivity index (χ0) is 15.7. The lowest BCUT2D eigenvalue weighted by Gasteiger charge is -1.97. The summed E-state index contributed by atoms with van der Waals surface area (Å²) in [6.07, 6.45) is 0. The highest BCUT2D eigenvalue weighted by Gasteiger charge is 2.17. The van der Waals surface area contributed by atoms with Gasteiger partial charge >= 0.3 is 0 Å². The molecule has 0 amide bonds. The Morgan fingerprint density at radius 2 is 2.00 bits per heavy atom. The first kappa shape index (κ1) is 14.2. The summed E-state index contributed by atoms with van der Waals surface area (Å²) >= 11 is 5.75. The van der Waals surface area contributed by atoms with Crippen LogP contribution in [0, 0.1) is 15.9 Å². The van der Waals surface area contributed by atoms with E-state index in [0.29, 0.717) is 11.1 Å². The molecule has 0 spiro atoms. The van der Waals surface area contributed by atoms with Gasteiger partial charge in [-0.1, -0.05) is 28.9 Å². The minimum atomic E-state index is -0.602. The molecule has 0 fully saturated rings. The van der Waals surface area contributed by atoms with Crippen LogP contribution >= 0.6 is 11.6 Å². The molecule has 2 aromatic carbocycles. The van der Waals surface area contributed by atoms with Crippen LogP contribution in [0.15, 0.2) is 47.0 Å². The van der Waals surface area contributed by atoms with Crippen molar-refractivity contribution in [3.8, 4) is 22.8 Å². The van der Waals surface area contributed by atoms with Gasteiger partial charge < -0.3 is 4.52 Å². The van der Waals surface area contributed by atoms with E-state index in [0.717, 1.165) is 0 Å². The largest absolute Gasteiger partial charge is 0.334 e. The van der Waals surface area contributed by atoms with Crippen molar-refractivity contribution in [2.75, 3.05) is 0 Å². The lowest BCUT2D eigenvalue weighted by Crippen LogP contribution is -1.90. The third kappa shape index (κ3) is 2.66. The average molecular weight is 320 g/mol. The Morgan fingerprint density at radius 3 is 2.73 bits per heavy atom. The Bertz CT molecular complexity index is 866. The smallest absolute Gasteiger partial charge is 0.288 e.